The lowest BCUT2D eigenvalue weighted by Crippen LogP contribution is -2.30. The van der Waals surface area contributed by atoms with E-state index in [1.165, 1.54) is 69.6 Å². The monoisotopic (exact) mass is 542 g/mol. The maximum absolute atomic E-state index is 5.14. The Kier molecular flexibility index (Phi) is 4.58. The quantitative estimate of drug-likeness (QED) is 0.192. The molecule has 0 saturated heterocycles. The first kappa shape index (κ1) is 23.0. The molecule has 3 heterocycles. The Labute approximate surface area is 242 Å². The Morgan fingerprint density at radius 1 is 0.537 bits per heavy atom. The van der Waals surface area contributed by atoms with Crippen LogP contribution in [0.15, 0.2) is 121 Å². The van der Waals surface area contributed by atoms with Crippen molar-refractivity contribution in [2.45, 2.75) is 19.3 Å². The van der Waals surface area contributed by atoms with Crippen molar-refractivity contribution >= 4 is 81.0 Å². The van der Waals surface area contributed by atoms with E-state index in [1.807, 2.05) is 11.3 Å². The van der Waals surface area contributed by atoms with Crippen LogP contribution >= 0.6 is 11.3 Å². The topological polar surface area (TPSA) is 16.1 Å². The molecular weight excluding hydrogens is 516 g/mol. The fourth-order valence-electron chi connectivity index (χ4n) is 7.10. The number of nitrogens with zero attached hydrogens (tertiary/aromatic N) is 2. The first-order valence-corrected chi connectivity index (χ1v) is 15.0. The molecule has 0 radical (unpaired) electrons. The summed E-state index contributed by atoms with van der Waals surface area (Å²) in [7, 11) is 0. The fraction of sp³-hybridized carbons (Fsp3) is 0.0789. The van der Waals surface area contributed by atoms with Crippen LogP contribution in [0.1, 0.15) is 25.0 Å². The summed E-state index contributed by atoms with van der Waals surface area (Å²) in [6.07, 6.45) is 2.06. The van der Waals surface area contributed by atoms with Crippen molar-refractivity contribution in [3.8, 4) is 0 Å². The number of hydrogen-bond acceptors (Lipinski definition) is 3. The predicted molar refractivity (Wildman–Crippen MR) is 176 cm³/mol. The summed E-state index contributed by atoms with van der Waals surface area (Å²) in [6.45, 7) is 4.65. The smallest absolute Gasteiger partial charge is 0.0890 e. The predicted octanol–water partition coefficient (Wildman–Crippen LogP) is 11.0. The zero-order valence-electron chi connectivity index (χ0n) is 22.8. The highest BCUT2D eigenvalue weighted by Crippen LogP contribution is 2.52. The van der Waals surface area contributed by atoms with Gasteiger partial charge in [0, 0.05) is 15.5 Å². The SMILES string of the molecule is CC1(C)c2ccccc2N(c2cnc3c(c2)sc2cc4c5ccccc5c5ccccc5c4cc23)c2ccccc21. The van der Waals surface area contributed by atoms with Crippen LogP contribution in [0.25, 0.3) is 52.6 Å². The molecule has 6 aromatic carbocycles. The van der Waals surface area contributed by atoms with Gasteiger partial charge in [-0.2, -0.15) is 0 Å². The van der Waals surface area contributed by atoms with Gasteiger partial charge in [0.05, 0.1) is 33.5 Å². The number of pyridine rings is 1. The Morgan fingerprint density at radius 3 is 1.66 bits per heavy atom. The molecule has 0 bridgehead atoms. The molecule has 9 rings (SSSR count). The van der Waals surface area contributed by atoms with E-state index in [4.69, 9.17) is 4.98 Å². The zero-order valence-corrected chi connectivity index (χ0v) is 23.7. The van der Waals surface area contributed by atoms with Gasteiger partial charge in [-0.1, -0.05) is 98.8 Å². The minimum atomic E-state index is -0.0789. The summed E-state index contributed by atoms with van der Waals surface area (Å²) in [5.41, 5.74) is 7.21. The van der Waals surface area contributed by atoms with E-state index in [-0.39, 0.29) is 5.41 Å². The van der Waals surface area contributed by atoms with E-state index < -0.39 is 0 Å². The lowest BCUT2D eigenvalue weighted by molar-refractivity contribution is 0.632. The average molecular weight is 543 g/mol. The Morgan fingerprint density at radius 2 is 1.05 bits per heavy atom. The van der Waals surface area contributed by atoms with E-state index in [1.54, 1.807) is 0 Å². The second-order valence-electron chi connectivity index (χ2n) is 11.6. The number of hydrogen-bond donors (Lipinski definition) is 0. The highest BCUT2D eigenvalue weighted by molar-refractivity contribution is 7.25. The third-order valence-corrected chi connectivity index (χ3v) is 10.1. The minimum Gasteiger partial charge on any atom is -0.308 e. The lowest BCUT2D eigenvalue weighted by atomic mass is 9.73. The van der Waals surface area contributed by atoms with Gasteiger partial charge in [-0.15, -0.1) is 11.3 Å². The molecule has 0 atom stereocenters. The maximum atomic E-state index is 5.14. The first-order valence-electron chi connectivity index (χ1n) is 14.1. The van der Waals surface area contributed by atoms with E-state index in [0.29, 0.717) is 0 Å². The molecule has 1 aliphatic rings. The summed E-state index contributed by atoms with van der Waals surface area (Å²) in [5, 5.41) is 9.03. The van der Waals surface area contributed by atoms with Crippen LogP contribution < -0.4 is 4.90 Å². The van der Waals surface area contributed by atoms with Gasteiger partial charge in [0.2, 0.25) is 0 Å². The van der Waals surface area contributed by atoms with Crippen LogP contribution in [0.4, 0.5) is 17.1 Å². The lowest BCUT2D eigenvalue weighted by Gasteiger charge is -2.41. The third kappa shape index (κ3) is 3.10. The van der Waals surface area contributed by atoms with Crippen LogP contribution in [-0.2, 0) is 5.41 Å². The van der Waals surface area contributed by atoms with E-state index in [2.05, 4.69) is 140 Å². The summed E-state index contributed by atoms with van der Waals surface area (Å²) in [6, 6.07) is 42.3. The van der Waals surface area contributed by atoms with Crippen LogP contribution in [0.3, 0.4) is 0 Å². The molecule has 0 aliphatic carbocycles. The number of thiophene rings is 1. The highest BCUT2D eigenvalue weighted by atomic mass is 32.1. The van der Waals surface area contributed by atoms with Crippen LogP contribution in [0.5, 0.6) is 0 Å². The molecule has 0 saturated carbocycles. The van der Waals surface area contributed by atoms with Gasteiger partial charge >= 0.3 is 0 Å². The Hall–Kier alpha value is -4.73. The molecule has 2 nitrogen and oxygen atoms in total. The normalized spacial score (nSPS) is 14.2. The molecule has 41 heavy (non-hydrogen) atoms. The van der Waals surface area contributed by atoms with Gasteiger partial charge in [0.25, 0.3) is 0 Å². The summed E-state index contributed by atoms with van der Waals surface area (Å²) in [5.74, 6) is 0. The van der Waals surface area contributed by atoms with Gasteiger partial charge in [0.15, 0.2) is 0 Å². The highest BCUT2D eigenvalue weighted by Gasteiger charge is 2.36. The van der Waals surface area contributed by atoms with Crippen LogP contribution in [-0.4, -0.2) is 4.98 Å². The van der Waals surface area contributed by atoms with Crippen molar-refractivity contribution in [1.82, 2.24) is 4.98 Å². The molecule has 0 N–H and O–H groups in total. The molecule has 0 spiro atoms. The van der Waals surface area contributed by atoms with Crippen molar-refractivity contribution in [3.63, 3.8) is 0 Å². The van der Waals surface area contributed by atoms with Gasteiger partial charge in [-0.25, -0.2) is 0 Å². The van der Waals surface area contributed by atoms with E-state index >= 15 is 0 Å². The molecule has 0 amide bonds. The summed E-state index contributed by atoms with van der Waals surface area (Å²) < 4.78 is 2.49. The van der Waals surface area contributed by atoms with Crippen molar-refractivity contribution in [2.24, 2.45) is 0 Å². The molecule has 2 aromatic heterocycles. The van der Waals surface area contributed by atoms with Gasteiger partial charge in [-0.3, -0.25) is 4.98 Å². The molecular formula is C38H26N2S. The maximum Gasteiger partial charge on any atom is 0.0890 e. The molecule has 194 valence electrons. The number of benzene rings is 6. The van der Waals surface area contributed by atoms with Crippen molar-refractivity contribution < 1.29 is 0 Å². The fourth-order valence-corrected chi connectivity index (χ4v) is 8.22. The molecule has 8 aromatic rings. The molecule has 3 heteroatoms. The zero-order chi connectivity index (χ0) is 27.3. The minimum absolute atomic E-state index is 0.0789. The first-order chi connectivity index (χ1) is 20.1. The van der Waals surface area contributed by atoms with Crippen molar-refractivity contribution in [3.05, 3.63) is 133 Å². The summed E-state index contributed by atoms with van der Waals surface area (Å²) >= 11 is 1.84. The molecule has 0 unspecified atom stereocenters. The van der Waals surface area contributed by atoms with Gasteiger partial charge in [0.1, 0.15) is 0 Å². The number of rotatable bonds is 1. The van der Waals surface area contributed by atoms with Crippen LogP contribution in [0, 0.1) is 0 Å². The van der Waals surface area contributed by atoms with Crippen molar-refractivity contribution in [2.75, 3.05) is 4.90 Å². The van der Waals surface area contributed by atoms with E-state index in [0.717, 1.165) is 11.2 Å². The Balaban J connectivity index is 1.31. The number of anilines is 3. The van der Waals surface area contributed by atoms with Crippen molar-refractivity contribution in [1.29, 1.82) is 0 Å². The average Bonchev–Trinajstić information content (AvgIpc) is 3.37. The third-order valence-electron chi connectivity index (χ3n) is 9.05. The van der Waals surface area contributed by atoms with Gasteiger partial charge < -0.3 is 4.90 Å². The molecule has 0 fully saturated rings. The standard InChI is InChI=1S/C38H26N2S/c1-38(2)31-15-7-9-17-33(31)40(34-18-10-8-16-32(34)38)23-19-36-37(39-22-23)30-20-28-26-13-5-3-11-24(26)25-12-4-6-14-27(25)29(28)21-35(30)41-36/h3-22H,1-2H3. The number of fused-ring (bicyclic) bond motifs is 11. The second kappa shape index (κ2) is 8.15. The largest absolute Gasteiger partial charge is 0.308 e. The number of para-hydroxylation sites is 2. The number of aromatic nitrogens is 1. The summed E-state index contributed by atoms with van der Waals surface area (Å²) in [4.78, 5) is 7.54. The Bertz CT molecular complexity index is 2310. The van der Waals surface area contributed by atoms with Crippen LogP contribution in [0.2, 0.25) is 0 Å². The second-order valence-corrected chi connectivity index (χ2v) is 12.7. The molecule has 1 aliphatic heterocycles. The van der Waals surface area contributed by atoms with E-state index in [9.17, 15) is 0 Å². The van der Waals surface area contributed by atoms with Gasteiger partial charge in [-0.05, 0) is 73.8 Å².